The molecule has 3 rings (SSSR count). The highest BCUT2D eigenvalue weighted by atomic mass is 16.1. The number of carbonyl (C=O) groups excluding carboxylic acids is 1. The number of hydrogen-bond acceptors (Lipinski definition) is 3. The molecule has 0 saturated heterocycles. The second kappa shape index (κ2) is 6.22. The highest BCUT2D eigenvalue weighted by molar-refractivity contribution is 5.93. The summed E-state index contributed by atoms with van der Waals surface area (Å²) in [5.74, 6) is -0.0964. The van der Waals surface area contributed by atoms with E-state index in [2.05, 4.69) is 44.7 Å². The first-order valence-corrected chi connectivity index (χ1v) is 7.85. The number of nitrogens with zero attached hydrogens (tertiary/aromatic N) is 2. The van der Waals surface area contributed by atoms with Gasteiger partial charge in [-0.2, -0.15) is 5.10 Å². The molecule has 0 unspecified atom stereocenters. The van der Waals surface area contributed by atoms with Crippen molar-refractivity contribution in [2.24, 2.45) is 0 Å². The molecule has 1 amide bonds. The normalized spacial score (nSPS) is 13.3. The molecule has 116 valence electrons. The standard InChI is InChI=1S/C17H22N4O/c1-3-14-12(2)16(20-19-14)17(22)18-9-11-21-10-8-13-6-4-5-7-15(13)21/h4-7H,3,8-11H2,1-2H3,(H,18,22)(H,19,20). The Labute approximate surface area is 130 Å². The van der Waals surface area contributed by atoms with Gasteiger partial charge < -0.3 is 10.2 Å². The molecule has 2 heterocycles. The van der Waals surface area contributed by atoms with Crippen LogP contribution in [-0.4, -0.2) is 35.7 Å². The molecule has 2 aromatic rings. The smallest absolute Gasteiger partial charge is 0.272 e. The van der Waals surface area contributed by atoms with Crippen molar-refractivity contribution < 1.29 is 4.79 Å². The number of fused-ring (bicyclic) bond motifs is 1. The lowest BCUT2D eigenvalue weighted by molar-refractivity contribution is 0.0949. The Morgan fingerprint density at radius 2 is 2.23 bits per heavy atom. The summed E-state index contributed by atoms with van der Waals surface area (Å²) in [4.78, 5) is 14.5. The van der Waals surface area contributed by atoms with Crippen LogP contribution in [0, 0.1) is 6.92 Å². The number of nitrogens with one attached hydrogen (secondary N) is 2. The number of hydrogen-bond donors (Lipinski definition) is 2. The molecule has 2 N–H and O–H groups in total. The minimum absolute atomic E-state index is 0.0964. The average Bonchev–Trinajstić information content (AvgIpc) is 3.11. The maximum atomic E-state index is 12.2. The fourth-order valence-corrected chi connectivity index (χ4v) is 3.03. The number of H-pyrrole nitrogens is 1. The van der Waals surface area contributed by atoms with Gasteiger partial charge in [-0.05, 0) is 31.4 Å². The van der Waals surface area contributed by atoms with E-state index in [1.165, 1.54) is 11.3 Å². The monoisotopic (exact) mass is 298 g/mol. The summed E-state index contributed by atoms with van der Waals surface area (Å²) in [6, 6.07) is 8.47. The molecule has 0 aliphatic carbocycles. The molecule has 0 bridgehead atoms. The van der Waals surface area contributed by atoms with Crippen LogP contribution in [0.15, 0.2) is 24.3 Å². The van der Waals surface area contributed by atoms with E-state index in [4.69, 9.17) is 0 Å². The van der Waals surface area contributed by atoms with Gasteiger partial charge in [-0.3, -0.25) is 9.89 Å². The minimum Gasteiger partial charge on any atom is -0.369 e. The number of rotatable bonds is 5. The fourth-order valence-electron chi connectivity index (χ4n) is 3.03. The predicted octanol–water partition coefficient (Wildman–Crippen LogP) is 2.07. The Morgan fingerprint density at radius 1 is 1.41 bits per heavy atom. The number of aromatic nitrogens is 2. The van der Waals surface area contributed by atoms with E-state index in [-0.39, 0.29) is 5.91 Å². The summed E-state index contributed by atoms with van der Waals surface area (Å²) in [6.45, 7) is 6.46. The second-order valence-corrected chi connectivity index (χ2v) is 5.65. The summed E-state index contributed by atoms with van der Waals surface area (Å²) < 4.78 is 0. The third kappa shape index (κ3) is 2.71. The second-order valence-electron chi connectivity index (χ2n) is 5.65. The summed E-state index contributed by atoms with van der Waals surface area (Å²) >= 11 is 0. The van der Waals surface area contributed by atoms with Crippen LogP contribution in [-0.2, 0) is 12.8 Å². The van der Waals surface area contributed by atoms with Crippen molar-refractivity contribution in [3.05, 3.63) is 46.8 Å². The quantitative estimate of drug-likeness (QED) is 0.888. The number of para-hydroxylation sites is 1. The third-order valence-corrected chi connectivity index (χ3v) is 4.33. The molecule has 1 aromatic heterocycles. The van der Waals surface area contributed by atoms with Gasteiger partial charge in [-0.1, -0.05) is 25.1 Å². The molecule has 1 aliphatic rings. The van der Waals surface area contributed by atoms with E-state index in [1.54, 1.807) is 0 Å². The van der Waals surface area contributed by atoms with Crippen molar-refractivity contribution >= 4 is 11.6 Å². The van der Waals surface area contributed by atoms with Crippen LogP contribution in [0.4, 0.5) is 5.69 Å². The first kappa shape index (κ1) is 14.6. The molecule has 5 heteroatoms. The van der Waals surface area contributed by atoms with Gasteiger partial charge in [-0.15, -0.1) is 0 Å². The van der Waals surface area contributed by atoms with Crippen LogP contribution in [0.3, 0.4) is 0 Å². The highest BCUT2D eigenvalue weighted by Gasteiger charge is 2.19. The number of anilines is 1. The zero-order valence-corrected chi connectivity index (χ0v) is 13.1. The van der Waals surface area contributed by atoms with Crippen LogP contribution in [0.1, 0.15) is 34.2 Å². The summed E-state index contributed by atoms with van der Waals surface area (Å²) in [7, 11) is 0. The van der Waals surface area contributed by atoms with Crippen molar-refractivity contribution in [1.29, 1.82) is 0 Å². The first-order valence-electron chi connectivity index (χ1n) is 7.85. The van der Waals surface area contributed by atoms with E-state index in [1.807, 2.05) is 13.8 Å². The van der Waals surface area contributed by atoms with Crippen molar-refractivity contribution in [3.63, 3.8) is 0 Å². The molecular weight excluding hydrogens is 276 g/mol. The zero-order valence-electron chi connectivity index (χ0n) is 13.1. The molecule has 0 atom stereocenters. The maximum Gasteiger partial charge on any atom is 0.272 e. The third-order valence-electron chi connectivity index (χ3n) is 4.33. The average molecular weight is 298 g/mol. The van der Waals surface area contributed by atoms with E-state index in [0.717, 1.165) is 37.2 Å². The van der Waals surface area contributed by atoms with E-state index >= 15 is 0 Å². The molecule has 0 fully saturated rings. The van der Waals surface area contributed by atoms with Crippen LogP contribution in [0.25, 0.3) is 0 Å². The van der Waals surface area contributed by atoms with Gasteiger partial charge in [0.15, 0.2) is 5.69 Å². The molecule has 1 aliphatic heterocycles. The number of aryl methyl sites for hydroxylation is 1. The SMILES string of the molecule is CCc1[nH]nc(C(=O)NCCN2CCc3ccccc32)c1C. The van der Waals surface area contributed by atoms with Crippen molar-refractivity contribution in [1.82, 2.24) is 15.5 Å². The molecule has 0 radical (unpaired) electrons. The van der Waals surface area contributed by atoms with E-state index in [9.17, 15) is 4.79 Å². The number of amides is 1. The Bertz CT molecular complexity index is 677. The summed E-state index contributed by atoms with van der Waals surface area (Å²) in [6.07, 6.45) is 1.94. The molecule has 5 nitrogen and oxygen atoms in total. The molecule has 0 spiro atoms. The zero-order chi connectivity index (χ0) is 15.5. The van der Waals surface area contributed by atoms with Gasteiger partial charge >= 0.3 is 0 Å². The van der Waals surface area contributed by atoms with Gasteiger partial charge in [0.25, 0.3) is 5.91 Å². The van der Waals surface area contributed by atoms with Crippen LogP contribution < -0.4 is 10.2 Å². The fraction of sp³-hybridized carbons (Fsp3) is 0.412. The Balaban J connectivity index is 1.55. The first-order chi connectivity index (χ1) is 10.7. The van der Waals surface area contributed by atoms with Gasteiger partial charge in [0, 0.05) is 36.6 Å². The molecule has 22 heavy (non-hydrogen) atoms. The number of carbonyl (C=O) groups is 1. The van der Waals surface area contributed by atoms with E-state index < -0.39 is 0 Å². The lowest BCUT2D eigenvalue weighted by Gasteiger charge is -2.19. The molecule has 1 aromatic carbocycles. The largest absolute Gasteiger partial charge is 0.369 e. The number of benzene rings is 1. The number of aromatic amines is 1. The van der Waals surface area contributed by atoms with Crippen molar-refractivity contribution in [2.45, 2.75) is 26.7 Å². The highest BCUT2D eigenvalue weighted by Crippen LogP contribution is 2.26. The Kier molecular flexibility index (Phi) is 4.13. The Hall–Kier alpha value is -2.30. The van der Waals surface area contributed by atoms with Gasteiger partial charge in [0.1, 0.15) is 0 Å². The predicted molar refractivity (Wildman–Crippen MR) is 87.4 cm³/mol. The van der Waals surface area contributed by atoms with Gasteiger partial charge in [-0.25, -0.2) is 0 Å². The van der Waals surface area contributed by atoms with Crippen molar-refractivity contribution in [3.8, 4) is 0 Å². The minimum atomic E-state index is -0.0964. The van der Waals surface area contributed by atoms with E-state index in [0.29, 0.717) is 12.2 Å². The molecular formula is C17H22N4O. The Morgan fingerprint density at radius 3 is 3.00 bits per heavy atom. The maximum absolute atomic E-state index is 12.2. The van der Waals surface area contributed by atoms with Crippen LogP contribution in [0.5, 0.6) is 0 Å². The van der Waals surface area contributed by atoms with Gasteiger partial charge in [0.05, 0.1) is 0 Å². The lowest BCUT2D eigenvalue weighted by atomic mass is 10.1. The topological polar surface area (TPSA) is 61.0 Å². The molecule has 0 saturated carbocycles. The summed E-state index contributed by atoms with van der Waals surface area (Å²) in [5, 5.41) is 10.0. The lowest BCUT2D eigenvalue weighted by Crippen LogP contribution is -2.34. The summed E-state index contributed by atoms with van der Waals surface area (Å²) in [5.41, 5.74) is 5.18. The van der Waals surface area contributed by atoms with Crippen LogP contribution >= 0.6 is 0 Å². The van der Waals surface area contributed by atoms with Gasteiger partial charge in [0.2, 0.25) is 0 Å². The van der Waals surface area contributed by atoms with Crippen LogP contribution in [0.2, 0.25) is 0 Å². The van der Waals surface area contributed by atoms with Crippen molar-refractivity contribution in [2.75, 3.05) is 24.5 Å².